The number of carbonyl (C=O) groups is 2. The lowest BCUT2D eigenvalue weighted by Gasteiger charge is -2.27. The van der Waals surface area contributed by atoms with Crippen LogP contribution in [0.5, 0.6) is 5.75 Å². The van der Waals surface area contributed by atoms with Gasteiger partial charge in [0.2, 0.25) is 0 Å². The molecule has 148 valence electrons. The molecule has 0 spiro atoms. The van der Waals surface area contributed by atoms with Crippen molar-refractivity contribution in [1.29, 1.82) is 0 Å². The molecule has 3 N–H and O–H groups in total. The van der Waals surface area contributed by atoms with Gasteiger partial charge in [-0.15, -0.1) is 0 Å². The molecule has 1 saturated heterocycles. The number of urea groups is 1. The van der Waals surface area contributed by atoms with Gasteiger partial charge in [0, 0.05) is 24.3 Å². The van der Waals surface area contributed by atoms with Crippen LogP contribution in [0.25, 0.3) is 0 Å². The van der Waals surface area contributed by atoms with Crippen LogP contribution in [0, 0.1) is 0 Å². The maximum absolute atomic E-state index is 12.6. The summed E-state index contributed by atoms with van der Waals surface area (Å²) in [5, 5.41) is 16.1. The van der Waals surface area contributed by atoms with E-state index in [1.165, 1.54) is 0 Å². The molecular formula is C21H25N3O4. The van der Waals surface area contributed by atoms with Crippen molar-refractivity contribution in [2.75, 3.05) is 25.5 Å². The van der Waals surface area contributed by atoms with Crippen LogP contribution in [0.15, 0.2) is 54.6 Å². The van der Waals surface area contributed by atoms with Gasteiger partial charge in [-0.25, -0.2) is 4.79 Å². The molecule has 2 unspecified atom stereocenters. The summed E-state index contributed by atoms with van der Waals surface area (Å²) in [6, 6.07) is 15.1. The summed E-state index contributed by atoms with van der Waals surface area (Å²) in [6.07, 6.45) is 0.470. The highest BCUT2D eigenvalue weighted by Gasteiger charge is 2.29. The third-order valence-electron chi connectivity index (χ3n) is 4.79. The van der Waals surface area contributed by atoms with Crippen LogP contribution >= 0.6 is 0 Å². The van der Waals surface area contributed by atoms with Crippen molar-refractivity contribution in [3.05, 3.63) is 60.2 Å². The summed E-state index contributed by atoms with van der Waals surface area (Å²) in [5.74, 6) is 0.367. The summed E-state index contributed by atoms with van der Waals surface area (Å²) in [6.45, 7) is 0.756. The number of para-hydroxylation sites is 1. The van der Waals surface area contributed by atoms with Crippen molar-refractivity contribution >= 4 is 17.6 Å². The topological polar surface area (TPSA) is 90.9 Å². The predicted molar refractivity (Wildman–Crippen MR) is 107 cm³/mol. The number of amides is 3. The van der Waals surface area contributed by atoms with E-state index in [2.05, 4.69) is 10.6 Å². The van der Waals surface area contributed by atoms with E-state index < -0.39 is 12.1 Å². The Labute approximate surface area is 164 Å². The summed E-state index contributed by atoms with van der Waals surface area (Å²) in [7, 11) is 1.56. The first-order valence-electron chi connectivity index (χ1n) is 9.31. The maximum Gasteiger partial charge on any atom is 0.321 e. The normalized spacial score (nSPS) is 19.4. The Hall–Kier alpha value is -3.06. The van der Waals surface area contributed by atoms with Crippen LogP contribution in [0.1, 0.15) is 23.2 Å². The first-order chi connectivity index (χ1) is 13.6. The molecule has 0 aromatic heterocycles. The van der Waals surface area contributed by atoms with E-state index >= 15 is 0 Å². The van der Waals surface area contributed by atoms with E-state index in [-0.39, 0.29) is 18.5 Å². The lowest BCUT2D eigenvalue weighted by Crippen LogP contribution is -2.50. The molecule has 3 rings (SSSR count). The highest BCUT2D eigenvalue weighted by Crippen LogP contribution is 2.16. The third-order valence-corrected chi connectivity index (χ3v) is 4.79. The molecule has 0 radical (unpaired) electrons. The lowest BCUT2D eigenvalue weighted by atomic mass is 10.1. The largest absolute Gasteiger partial charge is 0.497 e. The Kier molecular flexibility index (Phi) is 6.49. The van der Waals surface area contributed by atoms with E-state index in [4.69, 9.17) is 4.74 Å². The first-order valence-corrected chi connectivity index (χ1v) is 9.31. The van der Waals surface area contributed by atoms with Gasteiger partial charge in [-0.2, -0.15) is 0 Å². The van der Waals surface area contributed by atoms with Crippen molar-refractivity contribution in [2.24, 2.45) is 0 Å². The average Bonchev–Trinajstić information content (AvgIpc) is 2.90. The minimum absolute atomic E-state index is 0.238. The van der Waals surface area contributed by atoms with E-state index in [0.29, 0.717) is 36.4 Å². The van der Waals surface area contributed by atoms with E-state index in [1.807, 2.05) is 30.3 Å². The number of aliphatic hydroxyl groups is 1. The molecule has 1 aliphatic heterocycles. The summed E-state index contributed by atoms with van der Waals surface area (Å²) >= 11 is 0. The number of likely N-dealkylation sites (tertiary alicyclic amines) is 1. The summed E-state index contributed by atoms with van der Waals surface area (Å²) < 4.78 is 5.10. The maximum atomic E-state index is 12.6. The first kappa shape index (κ1) is 19.7. The molecule has 2 aromatic carbocycles. The Morgan fingerprint density at radius 2 is 1.82 bits per heavy atom. The molecule has 2 aromatic rings. The molecule has 1 aliphatic rings. The van der Waals surface area contributed by atoms with Crippen LogP contribution in [0.2, 0.25) is 0 Å². The summed E-state index contributed by atoms with van der Waals surface area (Å²) in [5.41, 5.74) is 1.17. The number of hydrogen-bond acceptors (Lipinski definition) is 4. The number of hydrogen-bond donors (Lipinski definition) is 3. The minimum atomic E-state index is -0.711. The summed E-state index contributed by atoms with van der Waals surface area (Å²) in [4.78, 5) is 26.8. The zero-order valence-corrected chi connectivity index (χ0v) is 15.8. The van der Waals surface area contributed by atoms with E-state index in [0.717, 1.165) is 0 Å². The van der Waals surface area contributed by atoms with Crippen molar-refractivity contribution in [1.82, 2.24) is 10.2 Å². The number of ether oxygens (including phenoxy) is 1. The van der Waals surface area contributed by atoms with Crippen molar-refractivity contribution in [3.63, 3.8) is 0 Å². The molecule has 0 saturated carbocycles. The Morgan fingerprint density at radius 3 is 2.50 bits per heavy atom. The van der Waals surface area contributed by atoms with E-state index in [9.17, 15) is 14.7 Å². The number of methoxy groups -OCH3 is 1. The van der Waals surface area contributed by atoms with Gasteiger partial charge in [-0.1, -0.05) is 18.2 Å². The van der Waals surface area contributed by atoms with Crippen LogP contribution in [0.4, 0.5) is 10.5 Å². The second-order valence-electron chi connectivity index (χ2n) is 6.76. The molecule has 0 bridgehead atoms. The van der Waals surface area contributed by atoms with Crippen molar-refractivity contribution in [3.8, 4) is 5.75 Å². The molecule has 28 heavy (non-hydrogen) atoms. The van der Waals surface area contributed by atoms with Crippen molar-refractivity contribution < 1.29 is 19.4 Å². The average molecular weight is 383 g/mol. The number of nitrogens with one attached hydrogen (secondary N) is 2. The number of aliphatic hydroxyl groups excluding tert-OH is 1. The fourth-order valence-electron chi connectivity index (χ4n) is 3.19. The number of nitrogens with zero attached hydrogens (tertiary/aromatic N) is 1. The van der Waals surface area contributed by atoms with Crippen LogP contribution in [-0.2, 0) is 0 Å². The second-order valence-corrected chi connectivity index (χ2v) is 6.76. The molecule has 3 amide bonds. The number of rotatable bonds is 4. The van der Waals surface area contributed by atoms with Gasteiger partial charge in [0.1, 0.15) is 5.75 Å². The molecule has 1 heterocycles. The SMILES string of the molecule is COc1ccc(C(=O)NC2CN(C(=O)Nc3ccccc3)CCCC2O)cc1. The van der Waals surface area contributed by atoms with Crippen LogP contribution in [0.3, 0.4) is 0 Å². The van der Waals surface area contributed by atoms with Crippen LogP contribution in [-0.4, -0.2) is 54.3 Å². The lowest BCUT2D eigenvalue weighted by molar-refractivity contribution is 0.0811. The van der Waals surface area contributed by atoms with Gasteiger partial charge in [-0.3, -0.25) is 4.79 Å². The van der Waals surface area contributed by atoms with Crippen LogP contribution < -0.4 is 15.4 Å². The molecule has 0 aliphatic carbocycles. The van der Waals surface area contributed by atoms with E-state index in [1.54, 1.807) is 36.3 Å². The monoisotopic (exact) mass is 383 g/mol. The minimum Gasteiger partial charge on any atom is -0.497 e. The number of anilines is 1. The Balaban J connectivity index is 1.65. The van der Waals surface area contributed by atoms with Gasteiger partial charge in [0.25, 0.3) is 5.91 Å². The van der Waals surface area contributed by atoms with Gasteiger partial charge >= 0.3 is 6.03 Å². The molecule has 1 fully saturated rings. The van der Waals surface area contributed by atoms with Crippen molar-refractivity contribution in [2.45, 2.75) is 25.0 Å². The number of benzene rings is 2. The van der Waals surface area contributed by atoms with Gasteiger partial charge in [0.05, 0.1) is 19.3 Å². The molecular weight excluding hydrogens is 358 g/mol. The van der Waals surface area contributed by atoms with Gasteiger partial charge < -0.3 is 25.4 Å². The fraction of sp³-hybridized carbons (Fsp3) is 0.333. The molecule has 2 atom stereocenters. The third kappa shape index (κ3) is 5.01. The molecule has 7 nitrogen and oxygen atoms in total. The predicted octanol–water partition coefficient (Wildman–Crippen LogP) is 2.48. The highest BCUT2D eigenvalue weighted by molar-refractivity contribution is 5.94. The standard InChI is InChI=1S/C21H25N3O4/c1-28-17-11-9-15(10-12-17)20(26)23-18-14-24(13-5-8-19(18)25)21(27)22-16-6-3-2-4-7-16/h2-4,6-7,9-12,18-19,25H,5,8,13-14H2,1H3,(H,22,27)(H,23,26). The Bertz CT molecular complexity index is 795. The highest BCUT2D eigenvalue weighted by atomic mass is 16.5. The van der Waals surface area contributed by atoms with Gasteiger partial charge in [0.15, 0.2) is 0 Å². The fourth-order valence-corrected chi connectivity index (χ4v) is 3.19. The smallest absolute Gasteiger partial charge is 0.321 e. The second kappa shape index (κ2) is 9.23. The van der Waals surface area contributed by atoms with Gasteiger partial charge in [-0.05, 0) is 49.2 Å². The zero-order chi connectivity index (χ0) is 19.9. The number of carbonyl (C=O) groups excluding carboxylic acids is 2. The Morgan fingerprint density at radius 1 is 1.11 bits per heavy atom. The molecule has 7 heteroatoms. The quantitative estimate of drug-likeness (QED) is 0.757. The zero-order valence-electron chi connectivity index (χ0n) is 15.8.